The molecular weight excluding hydrogens is 230 g/mol. The molecule has 0 heterocycles. The van der Waals surface area contributed by atoms with E-state index in [9.17, 15) is 0 Å². The lowest BCUT2D eigenvalue weighted by molar-refractivity contribution is 0.413. The highest BCUT2D eigenvalue weighted by molar-refractivity contribution is 7.99. The third kappa shape index (κ3) is 5.00. The number of thioether (sulfide) groups is 1. The van der Waals surface area contributed by atoms with E-state index in [0.29, 0.717) is 12.0 Å². The minimum atomic E-state index is 0.566. The Morgan fingerprint density at radius 1 is 1.35 bits per heavy atom. The fourth-order valence-electron chi connectivity index (χ4n) is 1.63. The van der Waals surface area contributed by atoms with Gasteiger partial charge in [0.25, 0.3) is 0 Å². The highest BCUT2D eigenvalue weighted by atomic mass is 32.2. The minimum absolute atomic E-state index is 0.566. The molecule has 0 radical (unpaired) electrons. The molecule has 0 saturated heterocycles. The van der Waals surface area contributed by atoms with Crippen LogP contribution < -0.4 is 10.1 Å². The first-order chi connectivity index (χ1) is 8.17. The molecule has 96 valence electrons. The summed E-state index contributed by atoms with van der Waals surface area (Å²) < 4.78 is 5.23. The van der Waals surface area contributed by atoms with Crippen molar-refractivity contribution >= 4 is 11.8 Å². The standard InChI is InChI=1S/C14H23NOS/c1-5-15-14(11(2)3)10-17-13-8-6-7-12(9-13)16-4/h6-9,11,14-15H,5,10H2,1-4H3. The minimum Gasteiger partial charge on any atom is -0.497 e. The zero-order valence-corrected chi connectivity index (χ0v) is 12.0. The van der Waals surface area contributed by atoms with Crippen molar-refractivity contribution in [3.8, 4) is 5.75 Å². The predicted molar refractivity (Wildman–Crippen MR) is 76.0 cm³/mol. The molecular formula is C14H23NOS. The normalized spacial score (nSPS) is 12.8. The highest BCUT2D eigenvalue weighted by Crippen LogP contribution is 2.24. The fourth-order valence-corrected chi connectivity index (χ4v) is 2.88. The number of ether oxygens (including phenoxy) is 1. The van der Waals surface area contributed by atoms with Crippen molar-refractivity contribution in [2.75, 3.05) is 19.4 Å². The van der Waals surface area contributed by atoms with Crippen molar-refractivity contribution in [3.05, 3.63) is 24.3 Å². The molecule has 1 aromatic rings. The molecule has 2 nitrogen and oxygen atoms in total. The molecule has 1 rings (SSSR count). The Balaban J connectivity index is 2.52. The Kier molecular flexibility index (Phi) is 6.45. The van der Waals surface area contributed by atoms with Gasteiger partial charge in [0.2, 0.25) is 0 Å². The van der Waals surface area contributed by atoms with Gasteiger partial charge in [-0.1, -0.05) is 26.8 Å². The maximum atomic E-state index is 5.23. The second-order valence-corrected chi connectivity index (χ2v) is 5.49. The molecule has 1 unspecified atom stereocenters. The number of hydrogen-bond donors (Lipinski definition) is 1. The number of nitrogens with one attached hydrogen (secondary N) is 1. The van der Waals surface area contributed by atoms with Crippen LogP contribution in [-0.4, -0.2) is 25.4 Å². The zero-order valence-electron chi connectivity index (χ0n) is 11.2. The van der Waals surface area contributed by atoms with Crippen molar-refractivity contribution in [3.63, 3.8) is 0 Å². The van der Waals surface area contributed by atoms with Crippen molar-refractivity contribution in [1.29, 1.82) is 0 Å². The lowest BCUT2D eigenvalue weighted by Crippen LogP contribution is -2.35. The molecule has 1 N–H and O–H groups in total. The summed E-state index contributed by atoms with van der Waals surface area (Å²) in [7, 11) is 1.71. The van der Waals surface area contributed by atoms with Crippen LogP contribution in [-0.2, 0) is 0 Å². The molecule has 1 atom stereocenters. The summed E-state index contributed by atoms with van der Waals surface area (Å²) in [4.78, 5) is 1.27. The summed E-state index contributed by atoms with van der Waals surface area (Å²) in [5.41, 5.74) is 0. The van der Waals surface area contributed by atoms with E-state index in [4.69, 9.17) is 4.74 Å². The Morgan fingerprint density at radius 3 is 2.71 bits per heavy atom. The number of hydrogen-bond acceptors (Lipinski definition) is 3. The summed E-state index contributed by atoms with van der Waals surface area (Å²) in [6.07, 6.45) is 0. The maximum Gasteiger partial charge on any atom is 0.119 e. The van der Waals surface area contributed by atoms with Crippen molar-refractivity contribution in [1.82, 2.24) is 5.32 Å². The lowest BCUT2D eigenvalue weighted by Gasteiger charge is -2.21. The van der Waals surface area contributed by atoms with E-state index in [1.54, 1.807) is 7.11 Å². The molecule has 1 aromatic carbocycles. The number of methoxy groups -OCH3 is 1. The van der Waals surface area contributed by atoms with Crippen LogP contribution in [0.5, 0.6) is 5.75 Å². The van der Waals surface area contributed by atoms with Gasteiger partial charge in [-0.2, -0.15) is 0 Å². The van der Waals surface area contributed by atoms with E-state index >= 15 is 0 Å². The van der Waals surface area contributed by atoms with Gasteiger partial charge in [-0.05, 0) is 30.7 Å². The third-order valence-corrected chi connectivity index (χ3v) is 3.85. The number of benzene rings is 1. The van der Waals surface area contributed by atoms with Crippen LogP contribution in [0.2, 0.25) is 0 Å². The molecule has 0 saturated carbocycles. The summed E-state index contributed by atoms with van der Waals surface area (Å²) in [5.74, 6) is 2.69. The summed E-state index contributed by atoms with van der Waals surface area (Å²) in [6.45, 7) is 7.71. The summed E-state index contributed by atoms with van der Waals surface area (Å²) >= 11 is 1.88. The lowest BCUT2D eigenvalue weighted by atomic mass is 10.1. The van der Waals surface area contributed by atoms with Crippen LogP contribution in [0, 0.1) is 5.92 Å². The molecule has 0 spiro atoms. The Labute approximate surface area is 109 Å². The van der Waals surface area contributed by atoms with Crippen LogP contribution in [0.25, 0.3) is 0 Å². The van der Waals surface area contributed by atoms with E-state index < -0.39 is 0 Å². The first-order valence-electron chi connectivity index (χ1n) is 6.17. The van der Waals surface area contributed by atoms with Gasteiger partial charge in [0.1, 0.15) is 5.75 Å². The Hall–Kier alpha value is -0.670. The van der Waals surface area contributed by atoms with Crippen LogP contribution in [0.1, 0.15) is 20.8 Å². The summed E-state index contributed by atoms with van der Waals surface area (Å²) in [6, 6.07) is 8.81. The predicted octanol–water partition coefficient (Wildman–Crippen LogP) is 3.42. The van der Waals surface area contributed by atoms with Gasteiger partial charge in [0, 0.05) is 16.7 Å². The molecule has 0 fully saturated rings. The highest BCUT2D eigenvalue weighted by Gasteiger charge is 2.12. The van der Waals surface area contributed by atoms with Gasteiger partial charge < -0.3 is 10.1 Å². The van der Waals surface area contributed by atoms with Gasteiger partial charge in [-0.3, -0.25) is 0 Å². The van der Waals surface area contributed by atoms with Crippen LogP contribution >= 0.6 is 11.8 Å². The Bertz CT molecular complexity index is 328. The maximum absolute atomic E-state index is 5.23. The molecule has 0 bridgehead atoms. The van der Waals surface area contributed by atoms with E-state index in [1.165, 1.54) is 4.90 Å². The van der Waals surface area contributed by atoms with Gasteiger partial charge in [0.15, 0.2) is 0 Å². The van der Waals surface area contributed by atoms with E-state index in [0.717, 1.165) is 18.0 Å². The van der Waals surface area contributed by atoms with E-state index in [2.05, 4.69) is 38.2 Å². The van der Waals surface area contributed by atoms with Gasteiger partial charge in [-0.25, -0.2) is 0 Å². The average molecular weight is 253 g/mol. The van der Waals surface area contributed by atoms with Crippen molar-refractivity contribution in [2.45, 2.75) is 31.7 Å². The Morgan fingerprint density at radius 2 is 2.12 bits per heavy atom. The number of rotatable bonds is 7. The van der Waals surface area contributed by atoms with E-state index in [-0.39, 0.29) is 0 Å². The second-order valence-electron chi connectivity index (χ2n) is 4.40. The largest absolute Gasteiger partial charge is 0.497 e. The average Bonchev–Trinajstić information content (AvgIpc) is 2.34. The fraction of sp³-hybridized carbons (Fsp3) is 0.571. The molecule has 0 aromatic heterocycles. The molecule has 0 amide bonds. The van der Waals surface area contributed by atoms with Crippen molar-refractivity contribution < 1.29 is 4.74 Å². The van der Waals surface area contributed by atoms with Gasteiger partial charge in [0.05, 0.1) is 7.11 Å². The third-order valence-electron chi connectivity index (χ3n) is 2.74. The topological polar surface area (TPSA) is 21.3 Å². The molecule has 0 aliphatic carbocycles. The van der Waals surface area contributed by atoms with Crippen molar-refractivity contribution in [2.24, 2.45) is 5.92 Å². The first-order valence-corrected chi connectivity index (χ1v) is 7.16. The molecule has 17 heavy (non-hydrogen) atoms. The smallest absolute Gasteiger partial charge is 0.119 e. The quantitative estimate of drug-likeness (QED) is 0.752. The monoisotopic (exact) mass is 253 g/mol. The second kappa shape index (κ2) is 7.62. The van der Waals surface area contributed by atoms with E-state index in [1.807, 2.05) is 23.9 Å². The van der Waals surface area contributed by atoms with Gasteiger partial charge >= 0.3 is 0 Å². The first kappa shape index (κ1) is 14.4. The van der Waals surface area contributed by atoms with Crippen LogP contribution in [0.15, 0.2) is 29.2 Å². The summed E-state index contributed by atoms with van der Waals surface area (Å²) in [5, 5.41) is 3.53. The molecule has 0 aliphatic rings. The van der Waals surface area contributed by atoms with Crippen LogP contribution in [0.3, 0.4) is 0 Å². The molecule has 3 heteroatoms. The van der Waals surface area contributed by atoms with Gasteiger partial charge in [-0.15, -0.1) is 11.8 Å². The molecule has 0 aliphatic heterocycles. The zero-order chi connectivity index (χ0) is 12.7. The van der Waals surface area contributed by atoms with Crippen LogP contribution in [0.4, 0.5) is 0 Å². The SMILES string of the molecule is CCNC(CSc1cccc(OC)c1)C(C)C.